The van der Waals surface area contributed by atoms with Crippen molar-refractivity contribution in [2.45, 2.75) is 38.1 Å². The number of nitrogens with two attached hydrogens (primary N) is 1. The summed E-state index contributed by atoms with van der Waals surface area (Å²) < 4.78 is 1.90. The summed E-state index contributed by atoms with van der Waals surface area (Å²) in [4.78, 5) is 0. The van der Waals surface area contributed by atoms with Crippen molar-refractivity contribution in [2.24, 2.45) is 5.73 Å². The summed E-state index contributed by atoms with van der Waals surface area (Å²) in [6, 6.07) is 8.14. The van der Waals surface area contributed by atoms with Crippen LogP contribution in [0.5, 0.6) is 0 Å². The van der Waals surface area contributed by atoms with Gasteiger partial charge in [0.15, 0.2) is 0 Å². The van der Waals surface area contributed by atoms with Crippen molar-refractivity contribution >= 4 is 11.6 Å². The highest BCUT2D eigenvalue weighted by Gasteiger charge is 2.26. The van der Waals surface area contributed by atoms with Crippen molar-refractivity contribution in [3.8, 4) is 5.69 Å². The van der Waals surface area contributed by atoms with Crippen molar-refractivity contribution in [2.75, 3.05) is 0 Å². The number of para-hydroxylation sites is 1. The van der Waals surface area contributed by atoms with Gasteiger partial charge in [0.2, 0.25) is 0 Å². The lowest BCUT2D eigenvalue weighted by Crippen LogP contribution is -2.19. The van der Waals surface area contributed by atoms with E-state index in [0.29, 0.717) is 5.92 Å². The molecule has 1 unspecified atom stereocenters. The van der Waals surface area contributed by atoms with E-state index in [2.05, 4.69) is 17.2 Å². The molecule has 0 amide bonds. The average Bonchev–Trinajstić information content (AvgIpc) is 3.08. The molecule has 3 rings (SSSR count). The molecule has 4 heteroatoms. The van der Waals surface area contributed by atoms with E-state index in [0.717, 1.165) is 22.7 Å². The fourth-order valence-corrected chi connectivity index (χ4v) is 2.67. The van der Waals surface area contributed by atoms with Crippen LogP contribution in [0.15, 0.2) is 30.5 Å². The van der Waals surface area contributed by atoms with Gasteiger partial charge in [0.25, 0.3) is 0 Å². The number of hydrogen-bond donors (Lipinski definition) is 1. The Morgan fingerprint density at radius 2 is 2.21 bits per heavy atom. The Hall–Kier alpha value is -1.32. The molecule has 3 nitrogen and oxygen atoms in total. The fraction of sp³-hybridized carbons (Fsp3) is 0.400. The Morgan fingerprint density at radius 3 is 2.89 bits per heavy atom. The minimum atomic E-state index is 0.107. The molecule has 2 aromatic rings. The molecular weight excluding hydrogens is 258 g/mol. The van der Waals surface area contributed by atoms with E-state index in [1.165, 1.54) is 18.5 Å². The van der Waals surface area contributed by atoms with Crippen LogP contribution in [0.2, 0.25) is 5.02 Å². The third-order valence-corrected chi connectivity index (χ3v) is 3.75. The van der Waals surface area contributed by atoms with Gasteiger partial charge < -0.3 is 5.73 Å². The van der Waals surface area contributed by atoms with Gasteiger partial charge in [-0.2, -0.15) is 5.10 Å². The molecule has 0 bridgehead atoms. The van der Waals surface area contributed by atoms with Gasteiger partial charge in [0.05, 0.1) is 16.4 Å². The molecule has 0 radical (unpaired) electrons. The van der Waals surface area contributed by atoms with Gasteiger partial charge in [-0.05, 0) is 43.9 Å². The van der Waals surface area contributed by atoms with Crippen LogP contribution >= 0.6 is 11.6 Å². The highest BCUT2D eigenvalue weighted by molar-refractivity contribution is 6.32. The zero-order valence-electron chi connectivity index (χ0n) is 11.0. The second-order valence-corrected chi connectivity index (χ2v) is 5.80. The molecule has 1 aliphatic rings. The second-order valence-electron chi connectivity index (χ2n) is 5.39. The van der Waals surface area contributed by atoms with E-state index in [1.54, 1.807) is 0 Å². The van der Waals surface area contributed by atoms with E-state index in [9.17, 15) is 0 Å². The van der Waals surface area contributed by atoms with E-state index < -0.39 is 0 Å². The number of hydrogen-bond acceptors (Lipinski definition) is 2. The maximum atomic E-state index is 6.35. The Kier molecular flexibility index (Phi) is 3.33. The minimum Gasteiger partial charge on any atom is -0.328 e. The highest BCUT2D eigenvalue weighted by atomic mass is 35.5. The van der Waals surface area contributed by atoms with Gasteiger partial charge in [0, 0.05) is 18.2 Å². The molecule has 1 aromatic carbocycles. The zero-order valence-corrected chi connectivity index (χ0v) is 11.8. The van der Waals surface area contributed by atoms with Crippen molar-refractivity contribution < 1.29 is 0 Å². The number of halogens is 1. The lowest BCUT2D eigenvalue weighted by atomic mass is 10.1. The molecule has 1 fully saturated rings. The average molecular weight is 276 g/mol. The summed E-state index contributed by atoms with van der Waals surface area (Å²) in [6.45, 7) is 2.00. The maximum absolute atomic E-state index is 6.35. The fourth-order valence-electron chi connectivity index (χ4n) is 2.39. The van der Waals surface area contributed by atoms with Crippen LogP contribution in [0.1, 0.15) is 36.9 Å². The first kappa shape index (κ1) is 12.7. The van der Waals surface area contributed by atoms with Crippen molar-refractivity contribution in [3.63, 3.8) is 0 Å². The monoisotopic (exact) mass is 275 g/mol. The van der Waals surface area contributed by atoms with E-state index in [4.69, 9.17) is 17.3 Å². The molecule has 1 saturated carbocycles. The highest BCUT2D eigenvalue weighted by Crippen LogP contribution is 2.39. The van der Waals surface area contributed by atoms with Crippen molar-refractivity contribution in [1.82, 2.24) is 9.78 Å². The first-order chi connectivity index (χ1) is 9.15. The molecule has 100 valence electrons. The smallest absolute Gasteiger partial charge is 0.0864 e. The molecule has 1 atom stereocenters. The SMILES string of the molecule is CC(N)Cc1cccc(Cl)c1-n1ccc(C2CC2)n1. The van der Waals surface area contributed by atoms with Crippen molar-refractivity contribution in [1.29, 1.82) is 0 Å². The first-order valence-electron chi connectivity index (χ1n) is 6.74. The van der Waals surface area contributed by atoms with Crippen molar-refractivity contribution in [3.05, 3.63) is 46.7 Å². The van der Waals surface area contributed by atoms with Gasteiger partial charge in [-0.15, -0.1) is 0 Å². The quantitative estimate of drug-likeness (QED) is 0.930. The summed E-state index contributed by atoms with van der Waals surface area (Å²) in [5, 5.41) is 5.39. The Bertz CT molecular complexity index is 585. The molecule has 2 N–H and O–H groups in total. The molecule has 1 aromatic heterocycles. The van der Waals surface area contributed by atoms with Crippen LogP contribution in [0.25, 0.3) is 5.69 Å². The standard InChI is InChI=1S/C15H18ClN3/c1-10(17)9-12-3-2-4-13(16)15(12)19-8-7-14(18-19)11-5-6-11/h2-4,7-8,10-11H,5-6,9,17H2,1H3. The Balaban J connectivity index is 2.01. The van der Waals surface area contributed by atoms with Gasteiger partial charge in [-0.1, -0.05) is 23.7 Å². The molecular formula is C15H18ClN3. The lowest BCUT2D eigenvalue weighted by Gasteiger charge is -2.13. The number of rotatable bonds is 4. The Morgan fingerprint density at radius 1 is 1.42 bits per heavy atom. The molecule has 0 saturated heterocycles. The molecule has 1 heterocycles. The summed E-state index contributed by atoms with van der Waals surface area (Å²) in [5.74, 6) is 0.653. The Labute approximate surface area is 118 Å². The molecule has 0 spiro atoms. The normalized spacial score (nSPS) is 16.6. The van der Waals surface area contributed by atoms with Crippen LogP contribution in [-0.2, 0) is 6.42 Å². The van der Waals surface area contributed by atoms with Gasteiger partial charge in [0.1, 0.15) is 0 Å². The van der Waals surface area contributed by atoms with Gasteiger partial charge >= 0.3 is 0 Å². The molecule has 19 heavy (non-hydrogen) atoms. The lowest BCUT2D eigenvalue weighted by molar-refractivity contribution is 0.725. The topological polar surface area (TPSA) is 43.8 Å². The maximum Gasteiger partial charge on any atom is 0.0864 e. The number of aromatic nitrogens is 2. The largest absolute Gasteiger partial charge is 0.328 e. The predicted octanol–water partition coefficient (Wildman–Crippen LogP) is 3.29. The van der Waals surface area contributed by atoms with Gasteiger partial charge in [-0.3, -0.25) is 0 Å². The van der Waals surface area contributed by atoms with E-state index in [-0.39, 0.29) is 6.04 Å². The van der Waals surface area contributed by atoms with E-state index >= 15 is 0 Å². The summed E-state index contributed by atoms with van der Waals surface area (Å²) >= 11 is 6.35. The zero-order chi connectivity index (χ0) is 13.4. The minimum absolute atomic E-state index is 0.107. The summed E-state index contributed by atoms with van der Waals surface area (Å²) in [5.41, 5.74) is 9.20. The number of nitrogens with zero attached hydrogens (tertiary/aromatic N) is 2. The first-order valence-corrected chi connectivity index (χ1v) is 7.12. The van der Waals surface area contributed by atoms with Crippen LogP contribution in [0, 0.1) is 0 Å². The summed E-state index contributed by atoms with van der Waals surface area (Å²) in [7, 11) is 0. The van der Waals surface area contributed by atoms with Crippen LogP contribution in [0.3, 0.4) is 0 Å². The molecule has 0 aliphatic heterocycles. The second kappa shape index (κ2) is 4.99. The third-order valence-electron chi connectivity index (χ3n) is 3.45. The van der Waals surface area contributed by atoms with Crippen LogP contribution in [0.4, 0.5) is 0 Å². The van der Waals surface area contributed by atoms with Crippen LogP contribution < -0.4 is 5.73 Å². The molecule has 1 aliphatic carbocycles. The summed E-state index contributed by atoms with van der Waals surface area (Å²) in [6.07, 6.45) is 5.31. The van der Waals surface area contributed by atoms with Crippen LogP contribution in [-0.4, -0.2) is 15.8 Å². The van der Waals surface area contributed by atoms with E-state index in [1.807, 2.05) is 29.9 Å². The predicted molar refractivity (Wildman–Crippen MR) is 77.9 cm³/mol. The van der Waals surface area contributed by atoms with Gasteiger partial charge in [-0.25, -0.2) is 4.68 Å². The number of benzene rings is 1. The third kappa shape index (κ3) is 2.67.